The maximum Gasteiger partial charge on any atom is 0.205 e. The van der Waals surface area contributed by atoms with E-state index in [-0.39, 0.29) is 5.75 Å². The molecule has 0 atom stereocenters. The van der Waals surface area contributed by atoms with Gasteiger partial charge in [0.15, 0.2) is 11.5 Å². The molecule has 0 saturated heterocycles. The molecule has 27 heavy (non-hydrogen) atoms. The van der Waals surface area contributed by atoms with E-state index in [4.69, 9.17) is 27.9 Å². The molecule has 1 N–H and O–H groups in total. The van der Waals surface area contributed by atoms with E-state index in [9.17, 15) is 5.11 Å². The van der Waals surface area contributed by atoms with Crippen molar-refractivity contribution in [3.05, 3.63) is 60.6 Å². The molecule has 0 aliphatic heterocycles. The number of thiazole rings is 1. The number of aromatic nitrogens is 1. The van der Waals surface area contributed by atoms with Gasteiger partial charge in [-0.05, 0) is 51.8 Å². The summed E-state index contributed by atoms with van der Waals surface area (Å²) in [5.74, 6) is 0.383. The van der Waals surface area contributed by atoms with E-state index in [0.717, 1.165) is 16.8 Å². The Labute approximate surface area is 178 Å². The molecule has 0 saturated carbocycles. The monoisotopic (exact) mass is 485 g/mol. The number of benzene rings is 2. The van der Waals surface area contributed by atoms with E-state index < -0.39 is 0 Å². The summed E-state index contributed by atoms with van der Waals surface area (Å²) in [6, 6.07) is 8.69. The summed E-state index contributed by atoms with van der Waals surface area (Å²) in [6.07, 6.45) is 1.65. The molecule has 0 aliphatic carbocycles. The number of methoxy groups -OCH3 is 1. The number of hydrogen-bond acceptors (Lipinski definition) is 5. The van der Waals surface area contributed by atoms with Gasteiger partial charge in [-0.2, -0.15) is 5.10 Å². The predicted octanol–water partition coefficient (Wildman–Crippen LogP) is 5.41. The summed E-state index contributed by atoms with van der Waals surface area (Å²) in [7, 11) is 3.19. The maximum absolute atomic E-state index is 9.94. The molecule has 0 bridgehead atoms. The normalized spacial score (nSPS) is 12.1. The van der Waals surface area contributed by atoms with Crippen LogP contribution in [0.5, 0.6) is 11.5 Å². The highest BCUT2D eigenvalue weighted by atomic mass is 79.9. The minimum Gasteiger partial charge on any atom is -0.503 e. The van der Waals surface area contributed by atoms with Crippen molar-refractivity contribution in [2.75, 3.05) is 14.2 Å². The van der Waals surface area contributed by atoms with Gasteiger partial charge in [0.2, 0.25) is 4.80 Å². The fourth-order valence-electron chi connectivity index (χ4n) is 2.39. The number of nitrogens with zero attached hydrogens (tertiary/aromatic N) is 3. The summed E-state index contributed by atoms with van der Waals surface area (Å²) >= 11 is 17.2. The smallest absolute Gasteiger partial charge is 0.205 e. The molecule has 0 unspecified atom stereocenters. The Kier molecular flexibility index (Phi) is 6.26. The molecule has 9 heteroatoms. The first-order chi connectivity index (χ1) is 12.9. The van der Waals surface area contributed by atoms with Gasteiger partial charge in [0, 0.05) is 23.0 Å². The third-order valence-corrected chi connectivity index (χ3v) is 5.75. The second-order valence-corrected chi connectivity index (χ2v) is 7.90. The highest BCUT2D eigenvalue weighted by Gasteiger charge is 2.12. The minimum absolute atomic E-state index is 0.0356. The first kappa shape index (κ1) is 19.9. The highest BCUT2D eigenvalue weighted by Crippen LogP contribution is 2.35. The number of halogens is 3. The average molecular weight is 487 g/mol. The van der Waals surface area contributed by atoms with Crippen molar-refractivity contribution in [1.82, 2.24) is 4.68 Å². The summed E-state index contributed by atoms with van der Waals surface area (Å²) in [5.41, 5.74) is 2.27. The molecule has 0 amide bonds. The van der Waals surface area contributed by atoms with Crippen molar-refractivity contribution in [2.45, 2.75) is 0 Å². The zero-order valence-electron chi connectivity index (χ0n) is 14.3. The second kappa shape index (κ2) is 8.48. The SMILES string of the molecule is CN=c1scc(-c2cc(Cl)ccc2Cl)n1N=Cc1cc(Br)c(O)c(OC)c1. The predicted molar refractivity (Wildman–Crippen MR) is 115 cm³/mol. The van der Waals surface area contributed by atoms with Crippen molar-refractivity contribution >= 4 is 56.7 Å². The Balaban J connectivity index is 2.11. The number of hydrogen-bond donors (Lipinski definition) is 1. The van der Waals surface area contributed by atoms with Crippen molar-refractivity contribution in [1.29, 1.82) is 0 Å². The number of phenols is 1. The standard InChI is InChI=1S/C18H14BrCl2N3O2S/c1-22-18-24(15(9-27-18)12-7-11(20)3-4-14(12)21)23-8-10-5-13(19)17(25)16(6-10)26-2/h3-9,25H,1-2H3. The van der Waals surface area contributed by atoms with Gasteiger partial charge in [-0.15, -0.1) is 11.3 Å². The van der Waals surface area contributed by atoms with Crippen LogP contribution in [-0.2, 0) is 0 Å². The molecule has 140 valence electrons. The summed E-state index contributed by atoms with van der Waals surface area (Å²) in [6.45, 7) is 0. The van der Waals surface area contributed by atoms with Gasteiger partial charge in [0.25, 0.3) is 0 Å². The molecular formula is C18H14BrCl2N3O2S. The first-order valence-corrected chi connectivity index (χ1v) is 10.1. The number of phenolic OH excluding ortho intramolecular Hbond substituents is 1. The Morgan fingerprint density at radius 3 is 2.74 bits per heavy atom. The fraction of sp³-hybridized carbons (Fsp3) is 0.111. The van der Waals surface area contributed by atoms with Crippen LogP contribution in [0.2, 0.25) is 10.0 Å². The highest BCUT2D eigenvalue weighted by molar-refractivity contribution is 9.10. The molecule has 3 rings (SSSR count). The fourth-order valence-corrected chi connectivity index (χ4v) is 4.03. The summed E-state index contributed by atoms with van der Waals surface area (Å²) in [5, 5.41) is 17.6. The minimum atomic E-state index is 0.0356. The number of rotatable bonds is 4. The van der Waals surface area contributed by atoms with Crippen LogP contribution in [0.15, 0.2) is 50.3 Å². The third-order valence-electron chi connectivity index (χ3n) is 3.67. The summed E-state index contributed by atoms with van der Waals surface area (Å²) < 4.78 is 7.37. The molecule has 0 radical (unpaired) electrons. The van der Waals surface area contributed by atoms with Gasteiger partial charge in [0.1, 0.15) is 0 Å². The maximum atomic E-state index is 9.94. The van der Waals surface area contributed by atoms with Gasteiger partial charge in [-0.25, -0.2) is 4.68 Å². The van der Waals surface area contributed by atoms with Crippen LogP contribution in [0.25, 0.3) is 11.3 Å². The molecule has 3 aromatic rings. The molecule has 5 nitrogen and oxygen atoms in total. The Morgan fingerprint density at radius 1 is 1.26 bits per heavy atom. The van der Waals surface area contributed by atoms with Crippen LogP contribution in [0, 0.1) is 0 Å². The lowest BCUT2D eigenvalue weighted by Gasteiger charge is -2.08. The van der Waals surface area contributed by atoms with Gasteiger partial charge in [-0.1, -0.05) is 23.2 Å². The topological polar surface area (TPSA) is 59.1 Å². The average Bonchev–Trinajstić information content (AvgIpc) is 3.07. The second-order valence-electron chi connectivity index (χ2n) is 5.36. The Hall–Kier alpha value is -1.80. The van der Waals surface area contributed by atoms with Crippen molar-refractivity contribution in [3.8, 4) is 22.8 Å². The number of ether oxygens (including phenoxy) is 1. The third kappa shape index (κ3) is 4.21. The van der Waals surface area contributed by atoms with Crippen molar-refractivity contribution in [3.63, 3.8) is 0 Å². The molecule has 1 aromatic heterocycles. The molecule has 0 spiro atoms. The van der Waals surface area contributed by atoms with Crippen LogP contribution in [0.4, 0.5) is 0 Å². The number of aromatic hydroxyl groups is 1. The van der Waals surface area contributed by atoms with Gasteiger partial charge in [-0.3, -0.25) is 4.99 Å². The summed E-state index contributed by atoms with van der Waals surface area (Å²) in [4.78, 5) is 4.96. The lowest BCUT2D eigenvalue weighted by molar-refractivity contribution is 0.372. The molecule has 1 heterocycles. The van der Waals surface area contributed by atoms with Crippen molar-refractivity contribution < 1.29 is 9.84 Å². The van der Waals surface area contributed by atoms with Crippen LogP contribution in [-0.4, -0.2) is 30.2 Å². The van der Waals surface area contributed by atoms with Gasteiger partial charge < -0.3 is 9.84 Å². The van der Waals surface area contributed by atoms with E-state index in [1.807, 2.05) is 5.38 Å². The molecule has 0 aliphatic rings. The lowest BCUT2D eigenvalue weighted by Crippen LogP contribution is -2.11. The van der Waals surface area contributed by atoms with E-state index >= 15 is 0 Å². The zero-order valence-corrected chi connectivity index (χ0v) is 18.2. The van der Waals surface area contributed by atoms with E-state index in [1.54, 1.807) is 48.3 Å². The van der Waals surface area contributed by atoms with E-state index in [1.165, 1.54) is 18.4 Å². The molecule has 0 fully saturated rings. The van der Waals surface area contributed by atoms with Crippen LogP contribution >= 0.6 is 50.5 Å². The van der Waals surface area contributed by atoms with E-state index in [2.05, 4.69) is 26.0 Å². The van der Waals surface area contributed by atoms with Crippen LogP contribution < -0.4 is 9.54 Å². The van der Waals surface area contributed by atoms with Crippen LogP contribution in [0.1, 0.15) is 5.56 Å². The lowest BCUT2D eigenvalue weighted by atomic mass is 10.2. The van der Waals surface area contributed by atoms with Gasteiger partial charge in [0.05, 0.1) is 28.5 Å². The zero-order chi connectivity index (χ0) is 19.6. The molecule has 2 aromatic carbocycles. The van der Waals surface area contributed by atoms with E-state index in [0.29, 0.717) is 25.1 Å². The first-order valence-electron chi connectivity index (χ1n) is 7.64. The van der Waals surface area contributed by atoms with Gasteiger partial charge >= 0.3 is 0 Å². The quantitative estimate of drug-likeness (QED) is 0.501. The largest absolute Gasteiger partial charge is 0.503 e. The molecular weight excluding hydrogens is 473 g/mol. The van der Waals surface area contributed by atoms with Crippen molar-refractivity contribution in [2.24, 2.45) is 10.1 Å². The Morgan fingerprint density at radius 2 is 2.04 bits per heavy atom. The van der Waals surface area contributed by atoms with Crippen LogP contribution in [0.3, 0.4) is 0 Å². The Bertz CT molecular complexity index is 1090.